The molecule has 0 aliphatic carbocycles. The third kappa shape index (κ3) is 20.8. The molecule has 2 fully saturated rings. The van der Waals surface area contributed by atoms with Gasteiger partial charge in [0.25, 0.3) is 0 Å². The summed E-state index contributed by atoms with van der Waals surface area (Å²) in [5, 5.41) is 30.7. The third-order valence-corrected chi connectivity index (χ3v) is 22.1. The van der Waals surface area contributed by atoms with E-state index >= 15 is 0 Å². The van der Waals surface area contributed by atoms with Crippen molar-refractivity contribution >= 4 is 94.4 Å². The van der Waals surface area contributed by atoms with Crippen molar-refractivity contribution in [3.8, 4) is 0 Å². The van der Waals surface area contributed by atoms with Crippen LogP contribution in [0.1, 0.15) is 143 Å². The van der Waals surface area contributed by atoms with Gasteiger partial charge in [0, 0.05) is 33.7 Å². The van der Waals surface area contributed by atoms with Crippen LogP contribution in [-0.4, -0.2) is 58.8 Å². The van der Waals surface area contributed by atoms with Crippen LogP contribution < -0.4 is 5.32 Å². The molecule has 272 valence electrons. The third-order valence-electron chi connectivity index (χ3n) is 8.26. The van der Waals surface area contributed by atoms with Gasteiger partial charge in [0.15, 0.2) is 2.74 Å². The molecule has 0 bridgehead atoms. The van der Waals surface area contributed by atoms with Crippen LogP contribution >= 0.6 is 64.8 Å². The Bertz CT molecular complexity index is 967. The van der Waals surface area contributed by atoms with Gasteiger partial charge >= 0.3 is 17.9 Å². The number of carboxylic acid groups (broad SMARTS) is 3. The molecular weight excluding hydrogens is 719 g/mol. The van der Waals surface area contributed by atoms with Gasteiger partial charge in [-0.15, -0.1) is 0 Å². The normalized spacial score (nSPS) is 16.9. The van der Waals surface area contributed by atoms with E-state index in [-0.39, 0.29) is 46.1 Å². The van der Waals surface area contributed by atoms with Gasteiger partial charge < -0.3 is 20.6 Å². The standard InChI is InChI=1S/C32H53NO8S6.H2/c34-25(17-13-11-9-7-5-3-1-2-4-6-8-10-12-14-19-28(36)37)23-24(29(38)39)20-21-27(35)33-22-16-15-18-26(30(40)41)31-42-44-32(45-43-31)46-47-32;/h24,26,31H,1-23H2,(H,33,35)(H,36,37)(H,38,39)(H,40,41);1H/t24-,26+;/m1./s1. The number of carbonyl (C=O) groups is 5. The van der Waals surface area contributed by atoms with Gasteiger partial charge in [0.2, 0.25) is 5.91 Å². The van der Waals surface area contributed by atoms with Gasteiger partial charge in [0.1, 0.15) is 5.78 Å². The smallest absolute Gasteiger partial charge is 0.308 e. The topological polar surface area (TPSA) is 158 Å². The summed E-state index contributed by atoms with van der Waals surface area (Å²) in [4.78, 5) is 58.7. The molecule has 0 aromatic carbocycles. The second kappa shape index (κ2) is 25.6. The van der Waals surface area contributed by atoms with E-state index in [0.717, 1.165) is 44.9 Å². The summed E-state index contributed by atoms with van der Waals surface area (Å²) >= 11 is 0. The van der Waals surface area contributed by atoms with Crippen molar-refractivity contribution in [1.82, 2.24) is 5.32 Å². The number of hydrogen-bond acceptors (Lipinski definition) is 11. The van der Waals surface area contributed by atoms with E-state index in [4.69, 9.17) is 5.11 Å². The number of aliphatic carboxylic acids is 3. The van der Waals surface area contributed by atoms with Gasteiger partial charge in [-0.25, -0.2) is 0 Å². The van der Waals surface area contributed by atoms with Crippen LogP contribution in [-0.2, 0) is 24.0 Å². The Morgan fingerprint density at radius 3 is 1.57 bits per heavy atom. The largest absolute Gasteiger partial charge is 0.481 e. The summed E-state index contributed by atoms with van der Waals surface area (Å²) in [6.45, 7) is 0.422. The first-order chi connectivity index (χ1) is 22.6. The number of nitrogens with one attached hydrogen (secondary N) is 1. The molecule has 2 heterocycles. The molecule has 4 N–H and O–H groups in total. The van der Waals surface area contributed by atoms with E-state index < -0.39 is 29.7 Å². The van der Waals surface area contributed by atoms with Gasteiger partial charge in [-0.05, 0) is 53.7 Å². The quantitative estimate of drug-likeness (QED) is 0.0310. The molecule has 15 heteroatoms. The monoisotopic (exact) mass is 773 g/mol. The maximum Gasteiger partial charge on any atom is 0.308 e. The Labute approximate surface area is 305 Å². The molecule has 2 aliphatic rings. The van der Waals surface area contributed by atoms with Crippen molar-refractivity contribution in [3.05, 3.63) is 0 Å². The second-order valence-electron chi connectivity index (χ2n) is 12.3. The Balaban J connectivity index is 0.0000115. The number of carboxylic acids is 3. The van der Waals surface area contributed by atoms with Crippen molar-refractivity contribution in [1.29, 1.82) is 0 Å². The van der Waals surface area contributed by atoms with Crippen LogP contribution in [0.5, 0.6) is 0 Å². The summed E-state index contributed by atoms with van der Waals surface area (Å²) in [5.41, 5.74) is 0. The van der Waals surface area contributed by atoms with Crippen molar-refractivity contribution in [2.75, 3.05) is 6.54 Å². The highest BCUT2D eigenvalue weighted by molar-refractivity contribution is 9.14. The van der Waals surface area contributed by atoms with Gasteiger partial charge in [0.05, 0.1) is 16.4 Å². The molecule has 2 aliphatic heterocycles. The van der Waals surface area contributed by atoms with Crippen LogP contribution in [0.15, 0.2) is 0 Å². The average molecular weight is 774 g/mol. The molecule has 0 aromatic heterocycles. The lowest BCUT2D eigenvalue weighted by Crippen LogP contribution is -2.27. The summed E-state index contributed by atoms with van der Waals surface area (Å²) in [5.74, 6) is -4.11. The molecule has 0 radical (unpaired) electrons. The molecule has 9 nitrogen and oxygen atoms in total. The minimum Gasteiger partial charge on any atom is -0.481 e. The van der Waals surface area contributed by atoms with Crippen molar-refractivity contribution in [2.45, 2.75) is 149 Å². The Kier molecular flexibility index (Phi) is 23.3. The first-order valence-electron chi connectivity index (χ1n) is 17.1. The van der Waals surface area contributed by atoms with E-state index in [2.05, 4.69) is 5.32 Å². The molecule has 0 aromatic rings. The van der Waals surface area contributed by atoms with E-state index in [1.165, 1.54) is 44.9 Å². The Hall–Kier alpha value is -0.350. The van der Waals surface area contributed by atoms with Crippen molar-refractivity contribution in [2.24, 2.45) is 11.8 Å². The van der Waals surface area contributed by atoms with Crippen molar-refractivity contribution in [3.63, 3.8) is 0 Å². The van der Waals surface area contributed by atoms with Crippen LogP contribution in [0.25, 0.3) is 0 Å². The first-order valence-corrected chi connectivity index (χ1v) is 23.7. The minimum atomic E-state index is -1.04. The fraction of sp³-hybridized carbons (Fsp3) is 0.844. The molecule has 0 unspecified atom stereocenters. The van der Waals surface area contributed by atoms with E-state index in [1.807, 2.05) is 21.6 Å². The molecule has 0 saturated carbocycles. The Morgan fingerprint density at radius 2 is 1.11 bits per heavy atom. The highest BCUT2D eigenvalue weighted by atomic mass is 33.2. The van der Waals surface area contributed by atoms with Gasteiger partial charge in [-0.3, -0.25) is 24.0 Å². The zero-order valence-corrected chi connectivity index (χ0v) is 32.2. The number of ketones is 1. The number of unbranched alkanes of at least 4 members (excludes halogenated alkanes) is 14. The van der Waals surface area contributed by atoms with Crippen LogP contribution in [0.4, 0.5) is 0 Å². The van der Waals surface area contributed by atoms with Gasteiger partial charge in [-0.2, -0.15) is 0 Å². The van der Waals surface area contributed by atoms with E-state index in [0.29, 0.717) is 32.2 Å². The molecular formula is C32H55NO8S6. The van der Waals surface area contributed by atoms with Crippen LogP contribution in [0.3, 0.4) is 0 Å². The lowest BCUT2D eigenvalue weighted by Gasteiger charge is -2.27. The fourth-order valence-electron chi connectivity index (χ4n) is 5.36. The van der Waals surface area contributed by atoms with Crippen LogP contribution in [0.2, 0.25) is 0 Å². The van der Waals surface area contributed by atoms with Crippen LogP contribution in [0, 0.1) is 11.8 Å². The Morgan fingerprint density at radius 1 is 0.596 bits per heavy atom. The zero-order chi connectivity index (χ0) is 34.3. The summed E-state index contributed by atoms with van der Waals surface area (Å²) in [6.07, 6.45) is 18.2. The fourth-order valence-corrected chi connectivity index (χ4v) is 19.2. The lowest BCUT2D eigenvalue weighted by atomic mass is 9.94. The molecule has 2 rings (SSSR count). The summed E-state index contributed by atoms with van der Waals surface area (Å²) < 4.78 is 0.140. The molecule has 47 heavy (non-hydrogen) atoms. The number of rotatable bonds is 30. The number of hydrogen-bond donors (Lipinski definition) is 4. The highest BCUT2D eigenvalue weighted by Gasteiger charge is 2.53. The highest BCUT2D eigenvalue weighted by Crippen LogP contribution is 2.84. The molecule has 1 spiro atoms. The zero-order valence-electron chi connectivity index (χ0n) is 27.3. The van der Waals surface area contributed by atoms with Crippen molar-refractivity contribution < 1.29 is 40.7 Å². The minimum absolute atomic E-state index is 0. The van der Waals surface area contributed by atoms with E-state index in [9.17, 15) is 34.2 Å². The lowest BCUT2D eigenvalue weighted by molar-refractivity contribution is -0.144. The second-order valence-corrected chi connectivity index (χ2v) is 21.9. The van der Waals surface area contributed by atoms with E-state index in [1.54, 1.807) is 43.2 Å². The first kappa shape index (κ1) is 42.8. The predicted molar refractivity (Wildman–Crippen MR) is 204 cm³/mol. The summed E-state index contributed by atoms with van der Waals surface area (Å²) in [7, 11) is 10.4. The maximum absolute atomic E-state index is 12.4. The SMILES string of the molecule is O=C(O)CCCCCCCCCCCCCCCCC(=O)C[C@@H](CCC(=O)NCCCC[C@@H](C(=O)O)C1SSC2(SS1)SS2)C(=O)O.[HH]. The molecule has 1 amide bonds. The van der Waals surface area contributed by atoms with Gasteiger partial charge in [-0.1, -0.05) is 127 Å². The molecule has 2 atom stereocenters. The predicted octanol–water partition coefficient (Wildman–Crippen LogP) is 10.1. The molecule has 2 saturated heterocycles. The summed E-state index contributed by atoms with van der Waals surface area (Å²) in [6, 6.07) is 0. The number of carbonyl (C=O) groups excluding carboxylic acids is 2. The number of Topliss-reactive ketones (excluding diaryl/α,β-unsaturated/α-hetero) is 1. The number of amides is 1. The maximum atomic E-state index is 12.4. The average Bonchev–Trinajstić information content (AvgIpc) is 3.79.